The molecule has 0 radical (unpaired) electrons. The van der Waals surface area contributed by atoms with Crippen molar-refractivity contribution in [1.82, 2.24) is 9.96 Å². The third-order valence-electron chi connectivity index (χ3n) is 4.92. The van der Waals surface area contributed by atoms with Crippen LogP contribution < -0.4 is 0 Å². The van der Waals surface area contributed by atoms with Crippen molar-refractivity contribution in [3.63, 3.8) is 0 Å². The number of ether oxygens (including phenoxy) is 2. The van der Waals surface area contributed by atoms with Crippen LogP contribution in [0, 0.1) is 5.92 Å². The average Bonchev–Trinajstić information content (AvgIpc) is 2.98. The van der Waals surface area contributed by atoms with Gasteiger partial charge in [0.1, 0.15) is 6.10 Å². The highest BCUT2D eigenvalue weighted by Crippen LogP contribution is 2.34. The van der Waals surface area contributed by atoms with Gasteiger partial charge < -0.3 is 9.47 Å². The second-order valence-electron chi connectivity index (χ2n) is 6.43. The van der Waals surface area contributed by atoms with Crippen LogP contribution in [0.1, 0.15) is 32.6 Å². The van der Waals surface area contributed by atoms with Crippen LogP contribution in [0.2, 0.25) is 0 Å². The predicted molar refractivity (Wildman–Crippen MR) is 81.2 cm³/mol. The fraction of sp³-hybridized carbons (Fsp3) is 0.938. The normalized spacial score (nSPS) is 33.0. The summed E-state index contributed by atoms with van der Waals surface area (Å²) in [5.74, 6) is 0.539. The van der Waals surface area contributed by atoms with Crippen LogP contribution in [-0.2, 0) is 19.1 Å². The number of hydroxylamine groups is 2. The van der Waals surface area contributed by atoms with Gasteiger partial charge in [-0.3, -0.25) is 14.5 Å². The molecule has 0 unspecified atom stereocenters. The lowest BCUT2D eigenvalue weighted by Crippen LogP contribution is -2.44. The zero-order valence-corrected chi connectivity index (χ0v) is 13.5. The van der Waals surface area contributed by atoms with Gasteiger partial charge in [0.2, 0.25) is 0 Å². The zero-order valence-electron chi connectivity index (χ0n) is 13.5. The summed E-state index contributed by atoms with van der Waals surface area (Å²) in [6.45, 7) is 7.87. The number of hydrogen-bond donors (Lipinski definition) is 0. The van der Waals surface area contributed by atoms with Gasteiger partial charge in [0, 0.05) is 26.2 Å². The van der Waals surface area contributed by atoms with E-state index < -0.39 is 0 Å². The Labute approximate surface area is 132 Å². The molecule has 6 nitrogen and oxygen atoms in total. The number of carbonyl (C=O) groups is 1. The molecule has 0 aliphatic carbocycles. The first-order valence-corrected chi connectivity index (χ1v) is 8.67. The summed E-state index contributed by atoms with van der Waals surface area (Å²) in [5, 5.41) is 1.53. The molecule has 1 amide bonds. The van der Waals surface area contributed by atoms with Crippen molar-refractivity contribution in [3.05, 3.63) is 0 Å². The van der Waals surface area contributed by atoms with E-state index in [9.17, 15) is 4.79 Å². The number of carbonyl (C=O) groups excluding carboxylic acids is 1. The van der Waals surface area contributed by atoms with E-state index in [1.165, 1.54) is 5.06 Å². The lowest BCUT2D eigenvalue weighted by Gasteiger charge is -2.33. The molecular formula is C16H28N2O4. The Bertz CT molecular complexity index is 373. The second-order valence-corrected chi connectivity index (χ2v) is 6.43. The molecule has 3 aliphatic heterocycles. The van der Waals surface area contributed by atoms with E-state index in [4.69, 9.17) is 14.3 Å². The maximum absolute atomic E-state index is 12.5. The molecule has 3 rings (SSSR count). The Kier molecular flexibility index (Phi) is 5.68. The highest BCUT2D eigenvalue weighted by molar-refractivity contribution is 5.80. The van der Waals surface area contributed by atoms with Gasteiger partial charge in [-0.15, -0.1) is 0 Å². The number of fused-ring (bicyclic) bond motifs is 1. The minimum Gasteiger partial charge on any atom is -0.380 e. The van der Waals surface area contributed by atoms with Gasteiger partial charge >= 0.3 is 0 Å². The molecule has 0 aromatic rings. The summed E-state index contributed by atoms with van der Waals surface area (Å²) < 4.78 is 11.5. The molecule has 6 heteroatoms. The van der Waals surface area contributed by atoms with E-state index in [1.807, 2.05) is 6.92 Å². The Morgan fingerprint density at radius 2 is 2.23 bits per heavy atom. The zero-order chi connectivity index (χ0) is 15.4. The molecule has 0 spiro atoms. The van der Waals surface area contributed by atoms with Gasteiger partial charge in [-0.2, -0.15) is 0 Å². The molecule has 3 fully saturated rings. The van der Waals surface area contributed by atoms with Crippen molar-refractivity contribution in [2.45, 2.75) is 44.8 Å². The Morgan fingerprint density at radius 1 is 1.32 bits per heavy atom. The first-order chi connectivity index (χ1) is 10.8. The average molecular weight is 312 g/mol. The monoisotopic (exact) mass is 312 g/mol. The SMILES string of the molecule is CCOCCN1CC[C@@H]2C[C@H](C(=O)N3CCCCO3)O[C@H]2C1. The van der Waals surface area contributed by atoms with Crippen LogP contribution in [0.25, 0.3) is 0 Å². The van der Waals surface area contributed by atoms with Gasteiger partial charge in [-0.1, -0.05) is 0 Å². The Balaban J connectivity index is 1.47. The van der Waals surface area contributed by atoms with E-state index in [0.29, 0.717) is 19.1 Å². The first kappa shape index (κ1) is 16.2. The van der Waals surface area contributed by atoms with Gasteiger partial charge in [0.25, 0.3) is 5.91 Å². The topological polar surface area (TPSA) is 51.2 Å². The Hall–Kier alpha value is -0.690. The maximum Gasteiger partial charge on any atom is 0.275 e. The largest absolute Gasteiger partial charge is 0.380 e. The molecule has 3 heterocycles. The summed E-state index contributed by atoms with van der Waals surface area (Å²) in [4.78, 5) is 20.3. The van der Waals surface area contributed by atoms with Crippen molar-refractivity contribution in [3.8, 4) is 0 Å². The maximum atomic E-state index is 12.5. The van der Waals surface area contributed by atoms with Gasteiger partial charge in [-0.05, 0) is 45.1 Å². The number of nitrogens with zero attached hydrogens (tertiary/aromatic N) is 2. The number of piperidine rings is 1. The lowest BCUT2D eigenvalue weighted by atomic mass is 9.91. The van der Waals surface area contributed by atoms with Crippen molar-refractivity contribution in [2.24, 2.45) is 5.92 Å². The fourth-order valence-corrected chi connectivity index (χ4v) is 3.63. The number of likely N-dealkylation sites (tertiary alicyclic amines) is 1. The minimum atomic E-state index is -0.306. The standard InChI is InChI=1S/C16H28N2O4/c1-2-20-10-8-17-7-5-13-11-14(22-15(13)12-17)16(19)18-6-3-4-9-21-18/h13-15H,2-12H2,1H3/t13-,14-,15+/m1/s1. The van der Waals surface area contributed by atoms with Crippen LogP contribution in [0.3, 0.4) is 0 Å². The van der Waals surface area contributed by atoms with E-state index in [1.54, 1.807) is 0 Å². The smallest absolute Gasteiger partial charge is 0.275 e. The van der Waals surface area contributed by atoms with Crippen LogP contribution in [0.5, 0.6) is 0 Å². The van der Waals surface area contributed by atoms with E-state index in [2.05, 4.69) is 4.90 Å². The summed E-state index contributed by atoms with van der Waals surface area (Å²) in [6.07, 6.45) is 3.91. The highest BCUT2D eigenvalue weighted by Gasteiger charge is 2.43. The molecule has 0 aromatic carbocycles. The van der Waals surface area contributed by atoms with Crippen LogP contribution in [0.4, 0.5) is 0 Å². The van der Waals surface area contributed by atoms with Crippen molar-refractivity contribution < 1.29 is 19.1 Å². The van der Waals surface area contributed by atoms with Crippen molar-refractivity contribution in [2.75, 3.05) is 46.0 Å². The summed E-state index contributed by atoms with van der Waals surface area (Å²) in [6, 6.07) is 0. The summed E-state index contributed by atoms with van der Waals surface area (Å²) in [5.41, 5.74) is 0. The molecule has 0 N–H and O–H groups in total. The molecule has 0 aromatic heterocycles. The van der Waals surface area contributed by atoms with Gasteiger partial charge in [-0.25, -0.2) is 5.06 Å². The molecule has 3 atom stereocenters. The number of rotatable bonds is 5. The lowest BCUT2D eigenvalue weighted by molar-refractivity contribution is -0.206. The molecule has 126 valence electrons. The minimum absolute atomic E-state index is 0.0231. The third-order valence-corrected chi connectivity index (χ3v) is 4.92. The Morgan fingerprint density at radius 3 is 3.00 bits per heavy atom. The number of amides is 1. The van der Waals surface area contributed by atoms with Crippen LogP contribution in [-0.4, -0.2) is 74.1 Å². The first-order valence-electron chi connectivity index (χ1n) is 8.67. The van der Waals surface area contributed by atoms with Crippen LogP contribution in [0.15, 0.2) is 0 Å². The molecule has 22 heavy (non-hydrogen) atoms. The predicted octanol–water partition coefficient (Wildman–Crippen LogP) is 1.06. The van der Waals surface area contributed by atoms with Gasteiger partial charge in [0.15, 0.2) is 0 Å². The van der Waals surface area contributed by atoms with E-state index >= 15 is 0 Å². The second kappa shape index (κ2) is 7.73. The van der Waals surface area contributed by atoms with Crippen LogP contribution >= 0.6 is 0 Å². The fourth-order valence-electron chi connectivity index (χ4n) is 3.63. The number of hydrogen-bond acceptors (Lipinski definition) is 5. The molecule has 3 aliphatic rings. The molecule has 0 saturated carbocycles. The summed E-state index contributed by atoms with van der Waals surface area (Å²) in [7, 11) is 0. The van der Waals surface area contributed by atoms with E-state index in [0.717, 1.165) is 58.5 Å². The molecule has 3 saturated heterocycles. The highest BCUT2D eigenvalue weighted by atomic mass is 16.7. The quantitative estimate of drug-likeness (QED) is 0.711. The van der Waals surface area contributed by atoms with Crippen molar-refractivity contribution in [1.29, 1.82) is 0 Å². The third kappa shape index (κ3) is 3.79. The van der Waals surface area contributed by atoms with Crippen molar-refractivity contribution >= 4 is 5.91 Å². The molecule has 0 bridgehead atoms. The molecular weight excluding hydrogens is 284 g/mol. The summed E-state index contributed by atoms with van der Waals surface area (Å²) >= 11 is 0. The van der Waals surface area contributed by atoms with Gasteiger partial charge in [0.05, 0.1) is 19.3 Å². The van der Waals surface area contributed by atoms with E-state index in [-0.39, 0.29) is 18.1 Å².